The van der Waals surface area contributed by atoms with Gasteiger partial charge in [0.05, 0.1) is 11.1 Å². The predicted molar refractivity (Wildman–Crippen MR) is 99.6 cm³/mol. The lowest BCUT2D eigenvalue weighted by atomic mass is 10.1. The van der Waals surface area contributed by atoms with Gasteiger partial charge in [0, 0.05) is 33.9 Å². The highest BCUT2D eigenvalue weighted by atomic mass is 32.1. The summed E-state index contributed by atoms with van der Waals surface area (Å²) in [5, 5.41) is 4.34. The number of nitrogens with one attached hydrogen (secondary N) is 1. The average Bonchev–Trinajstić information content (AvgIpc) is 3.17. The van der Waals surface area contributed by atoms with Crippen molar-refractivity contribution in [3.05, 3.63) is 58.5 Å². The van der Waals surface area contributed by atoms with Crippen LogP contribution in [0.5, 0.6) is 0 Å². The maximum Gasteiger partial charge on any atom is 0.416 e. The quantitative estimate of drug-likeness (QED) is 0.529. The monoisotopic (exact) mass is 389 g/mol. The topological polar surface area (TPSA) is 46.9 Å². The molecule has 4 rings (SSSR count). The summed E-state index contributed by atoms with van der Waals surface area (Å²) in [6, 6.07) is 10.3. The van der Waals surface area contributed by atoms with Crippen LogP contribution in [0.1, 0.15) is 20.8 Å². The Kier molecular flexibility index (Phi) is 3.96. The first-order valence-electron chi connectivity index (χ1n) is 8.11. The SMILES string of the molecule is CNC(=O)c1ccc2c(c1)c1c(C)snc1n2-c1ccc(C(F)(F)F)cc1. The first kappa shape index (κ1) is 17.5. The fourth-order valence-corrected chi connectivity index (χ4v) is 3.90. The summed E-state index contributed by atoms with van der Waals surface area (Å²) in [6.45, 7) is 1.93. The molecular weight excluding hydrogens is 375 g/mol. The average molecular weight is 389 g/mol. The normalized spacial score (nSPS) is 12.0. The van der Waals surface area contributed by atoms with Crippen molar-refractivity contribution in [3.63, 3.8) is 0 Å². The van der Waals surface area contributed by atoms with Crippen LogP contribution in [0.25, 0.3) is 27.6 Å². The zero-order valence-electron chi connectivity index (χ0n) is 14.4. The van der Waals surface area contributed by atoms with E-state index in [1.54, 1.807) is 25.2 Å². The molecule has 0 spiro atoms. The first-order valence-corrected chi connectivity index (χ1v) is 8.88. The number of amides is 1. The number of aryl methyl sites for hydroxylation is 1. The summed E-state index contributed by atoms with van der Waals surface area (Å²) < 4.78 is 44.9. The van der Waals surface area contributed by atoms with Gasteiger partial charge in [-0.1, -0.05) is 0 Å². The number of halogens is 3. The second-order valence-electron chi connectivity index (χ2n) is 6.13. The van der Waals surface area contributed by atoms with Crippen LogP contribution < -0.4 is 5.32 Å². The second kappa shape index (κ2) is 6.09. The van der Waals surface area contributed by atoms with E-state index in [2.05, 4.69) is 9.69 Å². The van der Waals surface area contributed by atoms with E-state index in [1.807, 2.05) is 11.5 Å². The Labute approximate surface area is 156 Å². The molecule has 138 valence electrons. The van der Waals surface area contributed by atoms with Gasteiger partial charge < -0.3 is 5.32 Å². The highest BCUT2D eigenvalue weighted by molar-refractivity contribution is 7.07. The molecule has 2 heterocycles. The largest absolute Gasteiger partial charge is 0.416 e. The number of carbonyl (C=O) groups is 1. The van der Waals surface area contributed by atoms with Crippen molar-refractivity contribution in [2.24, 2.45) is 0 Å². The highest BCUT2D eigenvalue weighted by Gasteiger charge is 2.30. The van der Waals surface area contributed by atoms with Gasteiger partial charge in [-0.2, -0.15) is 17.5 Å². The van der Waals surface area contributed by atoms with E-state index in [9.17, 15) is 18.0 Å². The van der Waals surface area contributed by atoms with Gasteiger partial charge in [0.1, 0.15) is 0 Å². The van der Waals surface area contributed by atoms with Crippen LogP contribution in [0.4, 0.5) is 13.2 Å². The standard InChI is InChI=1S/C19H14F3N3OS/c1-10-16-14-9-11(18(26)23-2)3-8-15(14)25(17(16)24-27-10)13-6-4-12(5-7-13)19(20,21)22/h3-9H,1-2H3,(H,23,26). The highest BCUT2D eigenvalue weighted by Crippen LogP contribution is 2.36. The fraction of sp³-hybridized carbons (Fsp3) is 0.158. The Morgan fingerprint density at radius 3 is 2.48 bits per heavy atom. The van der Waals surface area contributed by atoms with Crippen LogP contribution in [0.2, 0.25) is 0 Å². The van der Waals surface area contributed by atoms with Crippen LogP contribution in [-0.4, -0.2) is 21.9 Å². The van der Waals surface area contributed by atoms with Gasteiger partial charge >= 0.3 is 6.18 Å². The van der Waals surface area contributed by atoms with Crippen molar-refractivity contribution in [1.82, 2.24) is 14.3 Å². The van der Waals surface area contributed by atoms with Crippen LogP contribution in [0.3, 0.4) is 0 Å². The molecule has 0 fully saturated rings. The van der Waals surface area contributed by atoms with Crippen LogP contribution >= 0.6 is 11.5 Å². The summed E-state index contributed by atoms with van der Waals surface area (Å²) in [5.41, 5.74) is 1.86. The van der Waals surface area contributed by atoms with Gasteiger partial charge in [0.15, 0.2) is 5.65 Å². The van der Waals surface area contributed by atoms with Crippen molar-refractivity contribution in [3.8, 4) is 5.69 Å². The van der Waals surface area contributed by atoms with Crippen molar-refractivity contribution in [2.75, 3.05) is 7.05 Å². The molecule has 27 heavy (non-hydrogen) atoms. The Morgan fingerprint density at radius 2 is 1.85 bits per heavy atom. The number of alkyl halides is 3. The van der Waals surface area contributed by atoms with Crippen molar-refractivity contribution >= 4 is 39.4 Å². The molecule has 0 aliphatic rings. The minimum atomic E-state index is -4.38. The Morgan fingerprint density at radius 1 is 1.15 bits per heavy atom. The first-order chi connectivity index (χ1) is 12.8. The molecule has 0 saturated heterocycles. The number of aromatic nitrogens is 2. The summed E-state index contributed by atoms with van der Waals surface area (Å²) >= 11 is 1.32. The lowest BCUT2D eigenvalue weighted by molar-refractivity contribution is -0.137. The van der Waals surface area contributed by atoms with Gasteiger partial charge in [-0.3, -0.25) is 9.36 Å². The summed E-state index contributed by atoms with van der Waals surface area (Å²) in [7, 11) is 1.56. The number of carbonyl (C=O) groups excluding carboxylic acids is 1. The van der Waals surface area contributed by atoms with E-state index in [4.69, 9.17) is 0 Å². The van der Waals surface area contributed by atoms with Gasteiger partial charge in [-0.05, 0) is 60.9 Å². The van der Waals surface area contributed by atoms with E-state index in [0.717, 1.165) is 33.3 Å². The lowest BCUT2D eigenvalue weighted by Gasteiger charge is -2.10. The maximum atomic E-state index is 12.9. The zero-order valence-corrected chi connectivity index (χ0v) is 15.2. The molecule has 4 aromatic rings. The van der Waals surface area contributed by atoms with Gasteiger partial charge in [0.25, 0.3) is 5.91 Å². The molecule has 0 saturated carbocycles. The number of rotatable bonds is 2. The molecule has 8 heteroatoms. The fourth-order valence-electron chi connectivity index (χ4n) is 3.21. The van der Waals surface area contributed by atoms with E-state index in [-0.39, 0.29) is 5.91 Å². The molecule has 0 bridgehead atoms. The molecular formula is C19H14F3N3OS. The molecule has 1 N–H and O–H groups in total. The number of hydrogen-bond donors (Lipinski definition) is 1. The number of hydrogen-bond acceptors (Lipinski definition) is 3. The maximum absolute atomic E-state index is 12.9. The van der Waals surface area contributed by atoms with Gasteiger partial charge in [-0.25, -0.2) is 0 Å². The number of fused-ring (bicyclic) bond motifs is 3. The van der Waals surface area contributed by atoms with E-state index in [1.165, 1.54) is 23.7 Å². The van der Waals surface area contributed by atoms with Gasteiger partial charge in [0.2, 0.25) is 0 Å². The van der Waals surface area contributed by atoms with Crippen molar-refractivity contribution in [1.29, 1.82) is 0 Å². The van der Waals surface area contributed by atoms with Crippen LogP contribution in [-0.2, 0) is 6.18 Å². The predicted octanol–water partition coefficient (Wildman–Crippen LogP) is 4.93. The molecule has 1 amide bonds. The molecule has 2 aromatic carbocycles. The van der Waals surface area contributed by atoms with E-state index < -0.39 is 11.7 Å². The smallest absolute Gasteiger partial charge is 0.355 e. The molecule has 0 radical (unpaired) electrons. The lowest BCUT2D eigenvalue weighted by Crippen LogP contribution is -2.17. The Bertz CT molecular complexity index is 1170. The zero-order chi connectivity index (χ0) is 19.3. The third kappa shape index (κ3) is 2.76. The van der Waals surface area contributed by atoms with Crippen molar-refractivity contribution < 1.29 is 18.0 Å². The Balaban J connectivity index is 1.98. The van der Waals surface area contributed by atoms with Crippen molar-refractivity contribution in [2.45, 2.75) is 13.1 Å². The van der Waals surface area contributed by atoms with Crippen LogP contribution in [0.15, 0.2) is 42.5 Å². The Hall–Kier alpha value is -2.87. The number of nitrogens with zero attached hydrogens (tertiary/aromatic N) is 2. The third-order valence-electron chi connectivity index (χ3n) is 4.51. The van der Waals surface area contributed by atoms with E-state index in [0.29, 0.717) is 16.9 Å². The third-order valence-corrected chi connectivity index (χ3v) is 5.25. The molecule has 0 atom stereocenters. The summed E-state index contributed by atoms with van der Waals surface area (Å²) in [4.78, 5) is 13.0. The molecule has 0 aliphatic carbocycles. The second-order valence-corrected chi connectivity index (χ2v) is 7.11. The molecule has 0 unspecified atom stereocenters. The molecule has 0 aliphatic heterocycles. The molecule has 2 aromatic heterocycles. The van der Waals surface area contributed by atoms with Gasteiger partial charge in [-0.15, -0.1) is 0 Å². The summed E-state index contributed by atoms with van der Waals surface area (Å²) in [5.74, 6) is -0.201. The minimum absolute atomic E-state index is 0.201. The van der Waals surface area contributed by atoms with E-state index >= 15 is 0 Å². The minimum Gasteiger partial charge on any atom is -0.355 e. The number of benzene rings is 2. The summed E-state index contributed by atoms with van der Waals surface area (Å²) in [6.07, 6.45) is -4.38. The molecule has 4 nitrogen and oxygen atoms in total. The van der Waals surface area contributed by atoms with Crippen LogP contribution in [0, 0.1) is 6.92 Å².